The predicted molar refractivity (Wildman–Crippen MR) is 97.8 cm³/mol. The molecule has 0 bridgehead atoms. The van der Waals surface area contributed by atoms with Crippen molar-refractivity contribution in [1.29, 1.82) is 0 Å². The summed E-state index contributed by atoms with van der Waals surface area (Å²) >= 11 is 0. The summed E-state index contributed by atoms with van der Waals surface area (Å²) in [6.07, 6.45) is 11.1. The quantitative estimate of drug-likeness (QED) is 0.626. The Balaban J connectivity index is 1.46. The third kappa shape index (κ3) is 3.07. The minimum absolute atomic E-state index is 0.156. The Kier molecular flexibility index (Phi) is 4.75. The topological polar surface area (TPSA) is 18.5 Å². The summed E-state index contributed by atoms with van der Waals surface area (Å²) in [5, 5.41) is 0. The number of fused-ring (bicyclic) bond motifs is 3. The highest BCUT2D eigenvalue weighted by Crippen LogP contribution is 2.52. The Labute approximate surface area is 150 Å². The molecule has 1 aliphatic heterocycles. The van der Waals surface area contributed by atoms with Crippen molar-refractivity contribution in [2.45, 2.75) is 70.8 Å². The van der Waals surface area contributed by atoms with E-state index < -0.39 is 0 Å². The van der Waals surface area contributed by atoms with Gasteiger partial charge in [0.2, 0.25) is 5.82 Å². The number of hydrogen-bond acceptors (Lipinski definition) is 2. The van der Waals surface area contributed by atoms with Crippen LogP contribution in [0.4, 0.5) is 4.39 Å². The fourth-order valence-electron chi connectivity index (χ4n) is 5.23. The molecule has 3 atom stereocenters. The van der Waals surface area contributed by atoms with E-state index in [-0.39, 0.29) is 11.9 Å². The maximum absolute atomic E-state index is 14.7. The molecule has 1 aromatic carbocycles. The van der Waals surface area contributed by atoms with Gasteiger partial charge < -0.3 is 9.47 Å². The maximum Gasteiger partial charge on any atom is 0.207 e. The Hall–Kier alpha value is -1.51. The van der Waals surface area contributed by atoms with E-state index in [0.29, 0.717) is 24.0 Å². The zero-order valence-electron chi connectivity index (χ0n) is 15.4. The lowest BCUT2D eigenvalue weighted by Crippen LogP contribution is -2.32. The SMILES string of the molecule is CC=C1CCC([C@@H]2CC[C@H]3c4ccc(OCC)c(F)c4O[C@@H]3C2)CC1. The summed E-state index contributed by atoms with van der Waals surface area (Å²) in [5.41, 5.74) is 2.68. The smallest absolute Gasteiger partial charge is 0.207 e. The Morgan fingerprint density at radius 3 is 2.68 bits per heavy atom. The minimum Gasteiger partial charge on any atom is -0.491 e. The van der Waals surface area contributed by atoms with Crippen LogP contribution in [0.3, 0.4) is 0 Å². The first-order valence-electron chi connectivity index (χ1n) is 9.97. The van der Waals surface area contributed by atoms with E-state index >= 15 is 0 Å². The van der Waals surface area contributed by atoms with Crippen LogP contribution in [0.25, 0.3) is 0 Å². The standard InChI is InChI=1S/C22H29FO2/c1-3-14-5-7-15(8-6-14)16-9-10-17-18-11-12-19(24-4-2)21(23)22(18)25-20(17)13-16/h3,11-12,15-17,20H,4-10,13H2,1-2H3/t15?,16-,17+,20-/m1/s1. The Bertz CT molecular complexity index is 656. The lowest BCUT2D eigenvalue weighted by Gasteiger charge is -2.38. The maximum atomic E-state index is 14.7. The summed E-state index contributed by atoms with van der Waals surface area (Å²) < 4.78 is 26.2. The van der Waals surface area contributed by atoms with Crippen LogP contribution < -0.4 is 9.47 Å². The van der Waals surface area contributed by atoms with Gasteiger partial charge >= 0.3 is 0 Å². The Morgan fingerprint density at radius 2 is 1.96 bits per heavy atom. The molecular formula is C22H29FO2. The molecule has 0 saturated heterocycles. The van der Waals surface area contributed by atoms with Gasteiger partial charge in [-0.05, 0) is 76.7 Å². The molecule has 0 aromatic heterocycles. The fourth-order valence-corrected chi connectivity index (χ4v) is 5.23. The first-order chi connectivity index (χ1) is 12.2. The van der Waals surface area contributed by atoms with E-state index in [1.807, 2.05) is 13.0 Å². The lowest BCUT2D eigenvalue weighted by atomic mass is 9.68. The molecule has 0 spiro atoms. The van der Waals surface area contributed by atoms with Crippen molar-refractivity contribution in [3.8, 4) is 11.5 Å². The zero-order chi connectivity index (χ0) is 17.4. The van der Waals surface area contributed by atoms with Crippen LogP contribution in [0.15, 0.2) is 23.8 Å². The van der Waals surface area contributed by atoms with Gasteiger partial charge in [-0.1, -0.05) is 17.7 Å². The molecule has 4 rings (SSSR count). The zero-order valence-corrected chi connectivity index (χ0v) is 15.4. The van der Waals surface area contributed by atoms with Gasteiger partial charge in [0.05, 0.1) is 6.61 Å². The van der Waals surface area contributed by atoms with Crippen LogP contribution in [0.5, 0.6) is 11.5 Å². The van der Waals surface area contributed by atoms with Crippen LogP contribution in [-0.4, -0.2) is 12.7 Å². The minimum atomic E-state index is -0.305. The molecule has 3 heteroatoms. The van der Waals surface area contributed by atoms with E-state index in [0.717, 1.165) is 30.2 Å². The van der Waals surface area contributed by atoms with Crippen molar-refractivity contribution >= 4 is 0 Å². The fraction of sp³-hybridized carbons (Fsp3) is 0.636. The first-order valence-corrected chi connectivity index (χ1v) is 9.97. The average Bonchev–Trinajstić information content (AvgIpc) is 3.03. The molecular weight excluding hydrogens is 315 g/mol. The van der Waals surface area contributed by atoms with Crippen molar-refractivity contribution in [3.63, 3.8) is 0 Å². The second-order valence-corrected chi connectivity index (χ2v) is 7.85. The molecule has 0 unspecified atom stereocenters. The number of benzene rings is 1. The summed E-state index contributed by atoms with van der Waals surface area (Å²) in [5.74, 6) is 2.40. The summed E-state index contributed by atoms with van der Waals surface area (Å²) in [6.45, 7) is 4.51. The lowest BCUT2D eigenvalue weighted by molar-refractivity contribution is 0.0915. The predicted octanol–water partition coefficient (Wildman–Crippen LogP) is 6.01. The van der Waals surface area contributed by atoms with E-state index in [4.69, 9.17) is 9.47 Å². The second-order valence-electron chi connectivity index (χ2n) is 7.85. The Morgan fingerprint density at radius 1 is 1.16 bits per heavy atom. The van der Waals surface area contributed by atoms with Crippen molar-refractivity contribution in [3.05, 3.63) is 35.2 Å². The number of halogens is 1. The molecule has 0 radical (unpaired) electrons. The highest BCUT2D eigenvalue weighted by Gasteiger charge is 2.43. The van der Waals surface area contributed by atoms with Gasteiger partial charge in [-0.15, -0.1) is 0 Å². The molecule has 2 saturated carbocycles. The summed E-state index contributed by atoms with van der Waals surface area (Å²) in [7, 11) is 0. The first kappa shape index (κ1) is 16.9. The third-order valence-electron chi connectivity index (χ3n) is 6.64. The molecule has 136 valence electrons. The molecule has 0 N–H and O–H groups in total. The van der Waals surface area contributed by atoms with E-state index in [1.165, 1.54) is 32.1 Å². The molecule has 1 aromatic rings. The molecule has 0 amide bonds. The molecule has 25 heavy (non-hydrogen) atoms. The van der Waals surface area contributed by atoms with Crippen LogP contribution in [0.1, 0.15) is 70.3 Å². The average molecular weight is 344 g/mol. The summed E-state index contributed by atoms with van der Waals surface area (Å²) in [6, 6.07) is 3.79. The molecule has 2 nitrogen and oxygen atoms in total. The van der Waals surface area contributed by atoms with E-state index in [1.54, 1.807) is 11.6 Å². The van der Waals surface area contributed by atoms with Gasteiger partial charge in [0.15, 0.2) is 11.5 Å². The second kappa shape index (κ2) is 7.01. The van der Waals surface area contributed by atoms with Crippen molar-refractivity contribution in [1.82, 2.24) is 0 Å². The number of allylic oxidation sites excluding steroid dienone is 2. The van der Waals surface area contributed by atoms with Gasteiger partial charge in [0.25, 0.3) is 0 Å². The number of hydrogen-bond donors (Lipinski definition) is 0. The third-order valence-corrected chi connectivity index (χ3v) is 6.64. The molecule has 1 heterocycles. The monoisotopic (exact) mass is 344 g/mol. The normalized spacial score (nSPS) is 31.1. The van der Waals surface area contributed by atoms with Gasteiger partial charge in [-0.25, -0.2) is 0 Å². The highest BCUT2D eigenvalue weighted by atomic mass is 19.1. The van der Waals surface area contributed by atoms with E-state index in [9.17, 15) is 4.39 Å². The van der Waals surface area contributed by atoms with Gasteiger partial charge in [-0.2, -0.15) is 4.39 Å². The van der Waals surface area contributed by atoms with Crippen LogP contribution in [0, 0.1) is 17.7 Å². The van der Waals surface area contributed by atoms with Crippen molar-refractivity contribution in [2.24, 2.45) is 11.8 Å². The largest absolute Gasteiger partial charge is 0.491 e. The van der Waals surface area contributed by atoms with Gasteiger partial charge in [-0.3, -0.25) is 0 Å². The number of rotatable bonds is 3. The van der Waals surface area contributed by atoms with Crippen LogP contribution >= 0.6 is 0 Å². The van der Waals surface area contributed by atoms with Crippen molar-refractivity contribution in [2.75, 3.05) is 6.61 Å². The van der Waals surface area contributed by atoms with E-state index in [2.05, 4.69) is 13.0 Å². The number of ether oxygens (including phenoxy) is 2. The molecule has 2 aliphatic carbocycles. The van der Waals surface area contributed by atoms with Crippen LogP contribution in [-0.2, 0) is 0 Å². The van der Waals surface area contributed by atoms with Crippen molar-refractivity contribution < 1.29 is 13.9 Å². The van der Waals surface area contributed by atoms with Gasteiger partial charge in [0.1, 0.15) is 6.10 Å². The highest BCUT2D eigenvalue weighted by molar-refractivity contribution is 5.48. The van der Waals surface area contributed by atoms with Gasteiger partial charge in [0, 0.05) is 11.5 Å². The summed E-state index contributed by atoms with van der Waals surface area (Å²) in [4.78, 5) is 0. The molecule has 3 aliphatic rings. The van der Waals surface area contributed by atoms with Crippen LogP contribution in [0.2, 0.25) is 0 Å². The molecule has 2 fully saturated rings.